The number of piperidine rings is 1. The van der Waals surface area contributed by atoms with Crippen LogP contribution in [0.25, 0.3) is 0 Å². The van der Waals surface area contributed by atoms with Crippen molar-refractivity contribution < 1.29 is 5.21 Å². The third-order valence-electron chi connectivity index (χ3n) is 3.35. The number of aryl methyl sites for hydroxylation is 2. The fourth-order valence-electron chi connectivity index (χ4n) is 2.19. The Morgan fingerprint density at radius 2 is 2.29 bits per heavy atom. The first-order valence-electron chi connectivity index (χ1n) is 5.96. The number of hydrogen-bond acceptors (Lipinski definition) is 5. The summed E-state index contributed by atoms with van der Waals surface area (Å²) in [6.45, 7) is 9.12. The summed E-state index contributed by atoms with van der Waals surface area (Å²) in [4.78, 5) is 8.26. The Labute approximate surface area is 106 Å². The van der Waals surface area contributed by atoms with E-state index >= 15 is 0 Å². The van der Waals surface area contributed by atoms with E-state index in [1.807, 2.05) is 0 Å². The monoisotopic (exact) mass is 253 g/mol. The molecule has 0 spiro atoms. The van der Waals surface area contributed by atoms with Crippen LogP contribution in [-0.4, -0.2) is 33.9 Å². The molecular formula is C12H19N3OS. The zero-order valence-electron chi connectivity index (χ0n) is 10.6. The van der Waals surface area contributed by atoms with Crippen LogP contribution in [-0.2, 0) is 6.54 Å². The molecule has 1 fully saturated rings. The Bertz CT molecular complexity index is 408. The average Bonchev–Trinajstić information content (AvgIpc) is 2.58. The van der Waals surface area contributed by atoms with Crippen molar-refractivity contribution in [3.05, 3.63) is 15.6 Å². The predicted molar refractivity (Wildman–Crippen MR) is 69.9 cm³/mol. The number of thiazole rings is 1. The summed E-state index contributed by atoms with van der Waals surface area (Å²) < 4.78 is 0. The number of oxime groups is 1. The van der Waals surface area contributed by atoms with E-state index < -0.39 is 0 Å². The molecule has 1 aliphatic heterocycles. The summed E-state index contributed by atoms with van der Waals surface area (Å²) in [5.74, 6) is 0.343. The van der Waals surface area contributed by atoms with Crippen molar-refractivity contribution in [2.45, 2.75) is 33.7 Å². The van der Waals surface area contributed by atoms with Crippen molar-refractivity contribution in [1.82, 2.24) is 9.88 Å². The summed E-state index contributed by atoms with van der Waals surface area (Å²) in [5, 5.41) is 13.4. The lowest BCUT2D eigenvalue weighted by Gasteiger charge is -2.30. The van der Waals surface area contributed by atoms with E-state index in [2.05, 4.69) is 35.8 Å². The van der Waals surface area contributed by atoms with E-state index in [1.54, 1.807) is 11.3 Å². The van der Waals surface area contributed by atoms with Crippen molar-refractivity contribution in [3.63, 3.8) is 0 Å². The van der Waals surface area contributed by atoms with Crippen LogP contribution >= 0.6 is 11.3 Å². The van der Waals surface area contributed by atoms with Gasteiger partial charge < -0.3 is 5.21 Å². The smallest absolute Gasteiger partial charge is 0.107 e. The van der Waals surface area contributed by atoms with Crippen molar-refractivity contribution in [3.8, 4) is 0 Å². The third-order valence-corrected chi connectivity index (χ3v) is 4.40. The van der Waals surface area contributed by atoms with Crippen molar-refractivity contribution in [1.29, 1.82) is 0 Å². The highest BCUT2D eigenvalue weighted by atomic mass is 32.1. The van der Waals surface area contributed by atoms with E-state index in [-0.39, 0.29) is 0 Å². The van der Waals surface area contributed by atoms with Crippen molar-refractivity contribution in [2.24, 2.45) is 11.1 Å². The molecule has 1 atom stereocenters. The maximum absolute atomic E-state index is 8.84. The van der Waals surface area contributed by atoms with E-state index in [0.29, 0.717) is 5.92 Å². The minimum Gasteiger partial charge on any atom is -0.411 e. The Morgan fingerprint density at radius 1 is 1.53 bits per heavy atom. The molecule has 0 radical (unpaired) electrons. The van der Waals surface area contributed by atoms with E-state index in [9.17, 15) is 0 Å². The molecule has 0 bridgehead atoms. The summed E-state index contributed by atoms with van der Waals surface area (Å²) in [6, 6.07) is 0. The Kier molecular flexibility index (Phi) is 3.79. The fourth-order valence-corrected chi connectivity index (χ4v) is 3.17. The molecule has 17 heavy (non-hydrogen) atoms. The minimum absolute atomic E-state index is 0.343. The second-order valence-electron chi connectivity index (χ2n) is 4.73. The molecule has 1 N–H and O–H groups in total. The normalized spacial score (nSPS) is 24.4. The first-order chi connectivity index (χ1) is 8.10. The average molecular weight is 253 g/mol. The molecule has 1 saturated heterocycles. The van der Waals surface area contributed by atoms with Gasteiger partial charge in [0.2, 0.25) is 0 Å². The van der Waals surface area contributed by atoms with E-state index in [0.717, 1.165) is 37.5 Å². The fraction of sp³-hybridized carbons (Fsp3) is 0.667. The number of likely N-dealkylation sites (tertiary alicyclic amines) is 1. The molecule has 0 aliphatic carbocycles. The number of hydrogen-bond donors (Lipinski definition) is 1. The Hall–Kier alpha value is -0.940. The second kappa shape index (κ2) is 5.14. The second-order valence-corrected chi connectivity index (χ2v) is 6.01. The first kappa shape index (κ1) is 12.5. The van der Waals surface area contributed by atoms with E-state index in [1.165, 1.54) is 9.88 Å². The maximum Gasteiger partial charge on any atom is 0.107 e. The highest BCUT2D eigenvalue weighted by Crippen LogP contribution is 2.21. The zero-order valence-corrected chi connectivity index (χ0v) is 11.4. The summed E-state index contributed by atoms with van der Waals surface area (Å²) in [6.07, 6.45) is 0.862. The molecule has 0 aromatic carbocycles. The van der Waals surface area contributed by atoms with Gasteiger partial charge in [-0.15, -0.1) is 11.3 Å². The highest BCUT2D eigenvalue weighted by molar-refractivity contribution is 7.11. The molecule has 1 aliphatic rings. The van der Waals surface area contributed by atoms with Crippen LogP contribution in [0.5, 0.6) is 0 Å². The van der Waals surface area contributed by atoms with Crippen molar-refractivity contribution >= 4 is 17.0 Å². The van der Waals surface area contributed by atoms with Crippen LogP contribution in [0.1, 0.15) is 28.9 Å². The molecule has 2 rings (SSSR count). The lowest BCUT2D eigenvalue weighted by Crippen LogP contribution is -2.39. The molecule has 94 valence electrons. The lowest BCUT2D eigenvalue weighted by molar-refractivity contribution is 0.228. The van der Waals surface area contributed by atoms with Gasteiger partial charge in [0.25, 0.3) is 0 Å². The standard InChI is InChI=1S/C12H19N3OS/c1-8-6-15(5-4-11(8)14-16)7-12-13-9(2)10(3)17-12/h8,16H,4-7H2,1-3H3. The van der Waals surface area contributed by atoms with Gasteiger partial charge in [0, 0.05) is 30.3 Å². The van der Waals surface area contributed by atoms with Gasteiger partial charge >= 0.3 is 0 Å². The Morgan fingerprint density at radius 3 is 2.82 bits per heavy atom. The van der Waals surface area contributed by atoms with Crippen LogP contribution in [0.4, 0.5) is 0 Å². The van der Waals surface area contributed by atoms with Crippen LogP contribution in [0, 0.1) is 19.8 Å². The van der Waals surface area contributed by atoms with Gasteiger partial charge in [0.05, 0.1) is 18.0 Å². The Balaban J connectivity index is 1.97. The predicted octanol–water partition coefficient (Wildman–Crippen LogP) is 2.43. The zero-order chi connectivity index (χ0) is 12.4. The SMILES string of the molecule is Cc1nc(CN2CCC(=NO)C(C)C2)sc1C. The largest absolute Gasteiger partial charge is 0.411 e. The van der Waals surface area contributed by atoms with Crippen molar-refractivity contribution in [2.75, 3.05) is 13.1 Å². The third kappa shape index (κ3) is 2.84. The van der Waals surface area contributed by atoms with Gasteiger partial charge in [-0.05, 0) is 13.8 Å². The van der Waals surface area contributed by atoms with Gasteiger partial charge in [0.1, 0.15) is 5.01 Å². The number of nitrogens with zero attached hydrogens (tertiary/aromatic N) is 3. The quantitative estimate of drug-likeness (QED) is 0.650. The maximum atomic E-state index is 8.84. The molecule has 2 heterocycles. The molecular weight excluding hydrogens is 234 g/mol. The van der Waals surface area contributed by atoms with Gasteiger partial charge in [-0.1, -0.05) is 12.1 Å². The molecule has 1 aromatic heterocycles. The van der Waals surface area contributed by atoms with Crippen LogP contribution < -0.4 is 0 Å². The topological polar surface area (TPSA) is 48.7 Å². The molecule has 5 heteroatoms. The summed E-state index contributed by atoms with van der Waals surface area (Å²) >= 11 is 1.78. The van der Waals surface area contributed by atoms with E-state index in [4.69, 9.17) is 5.21 Å². The van der Waals surface area contributed by atoms with Crippen LogP contribution in [0.2, 0.25) is 0 Å². The van der Waals surface area contributed by atoms with Gasteiger partial charge in [-0.3, -0.25) is 4.90 Å². The number of aromatic nitrogens is 1. The highest BCUT2D eigenvalue weighted by Gasteiger charge is 2.23. The minimum atomic E-state index is 0.343. The molecule has 0 amide bonds. The van der Waals surface area contributed by atoms with Crippen LogP contribution in [0.3, 0.4) is 0 Å². The molecule has 0 saturated carbocycles. The van der Waals surface area contributed by atoms with Gasteiger partial charge in [-0.2, -0.15) is 0 Å². The molecule has 1 unspecified atom stereocenters. The summed E-state index contributed by atoms with van der Waals surface area (Å²) in [5.41, 5.74) is 2.07. The number of rotatable bonds is 2. The van der Waals surface area contributed by atoms with Gasteiger partial charge in [-0.25, -0.2) is 4.98 Å². The lowest BCUT2D eigenvalue weighted by atomic mass is 9.98. The molecule has 4 nitrogen and oxygen atoms in total. The van der Waals surface area contributed by atoms with Gasteiger partial charge in [0.15, 0.2) is 0 Å². The first-order valence-corrected chi connectivity index (χ1v) is 6.78. The summed E-state index contributed by atoms with van der Waals surface area (Å²) in [7, 11) is 0. The van der Waals surface area contributed by atoms with Crippen LogP contribution in [0.15, 0.2) is 5.16 Å². The molecule has 1 aromatic rings.